The number of esters is 1. The number of carbonyl (C=O) groups is 2. The molecule has 1 saturated carbocycles. The van der Waals surface area contributed by atoms with E-state index in [9.17, 15) is 9.59 Å². The molecule has 1 rings (SSSR count). The summed E-state index contributed by atoms with van der Waals surface area (Å²) in [5.41, 5.74) is 0.575. The van der Waals surface area contributed by atoms with Crippen LogP contribution in [0, 0.1) is 11.3 Å². The molecule has 20 heavy (non-hydrogen) atoms. The highest BCUT2D eigenvalue weighted by Crippen LogP contribution is 2.44. The molecule has 1 aliphatic rings. The summed E-state index contributed by atoms with van der Waals surface area (Å²) in [7, 11) is 0. The van der Waals surface area contributed by atoms with Crippen molar-refractivity contribution in [2.75, 3.05) is 13.2 Å². The van der Waals surface area contributed by atoms with Gasteiger partial charge in [-0.25, -0.2) is 4.79 Å². The lowest BCUT2D eigenvalue weighted by atomic mass is 9.67. The van der Waals surface area contributed by atoms with Crippen LogP contribution in [0.15, 0.2) is 12.2 Å². The molecule has 1 aliphatic carbocycles. The predicted octanol–water partition coefficient (Wildman–Crippen LogP) is 3.26. The molecule has 4 heteroatoms. The minimum atomic E-state index is -0.325. The number of carbonyl (C=O) groups excluding carboxylic acids is 2. The van der Waals surface area contributed by atoms with Crippen LogP contribution >= 0.6 is 0 Å². The van der Waals surface area contributed by atoms with E-state index in [1.165, 1.54) is 12.8 Å². The summed E-state index contributed by atoms with van der Waals surface area (Å²) in [5.74, 6) is 0.432. The van der Waals surface area contributed by atoms with Gasteiger partial charge >= 0.3 is 5.97 Å². The standard InChI is InChI=1S/C16H26O4/c1-13(2)15(18)20-11-9-16(8-10-19-12-17)6-4-14(3)5-7-16/h12,14H,1,4-11H2,2-3H3. The van der Waals surface area contributed by atoms with Crippen molar-refractivity contribution in [2.45, 2.75) is 52.4 Å². The summed E-state index contributed by atoms with van der Waals surface area (Å²) in [6.45, 7) is 8.87. The Morgan fingerprint density at radius 1 is 1.30 bits per heavy atom. The van der Waals surface area contributed by atoms with Crippen molar-refractivity contribution in [1.82, 2.24) is 0 Å². The fourth-order valence-corrected chi connectivity index (χ4v) is 2.81. The molecule has 0 heterocycles. The Labute approximate surface area is 121 Å². The Bertz CT molecular complexity index is 340. The molecule has 0 aliphatic heterocycles. The summed E-state index contributed by atoms with van der Waals surface area (Å²) >= 11 is 0. The molecule has 0 spiro atoms. The smallest absolute Gasteiger partial charge is 0.333 e. The third-order valence-corrected chi connectivity index (χ3v) is 4.37. The van der Waals surface area contributed by atoms with Crippen LogP contribution in [0.4, 0.5) is 0 Å². The van der Waals surface area contributed by atoms with Crippen molar-refractivity contribution in [3.8, 4) is 0 Å². The molecule has 0 N–H and O–H groups in total. The van der Waals surface area contributed by atoms with Crippen LogP contribution in [0.3, 0.4) is 0 Å². The molecular formula is C16H26O4. The van der Waals surface area contributed by atoms with Gasteiger partial charge in [0.05, 0.1) is 13.2 Å². The second-order valence-corrected chi connectivity index (χ2v) is 6.07. The Morgan fingerprint density at radius 3 is 2.45 bits per heavy atom. The summed E-state index contributed by atoms with van der Waals surface area (Å²) in [6.07, 6.45) is 6.29. The molecule has 114 valence electrons. The van der Waals surface area contributed by atoms with E-state index < -0.39 is 0 Å². The zero-order valence-corrected chi connectivity index (χ0v) is 12.7. The third kappa shape index (κ3) is 5.35. The first-order chi connectivity index (χ1) is 9.49. The molecule has 0 aromatic carbocycles. The number of ether oxygens (including phenoxy) is 2. The van der Waals surface area contributed by atoms with Crippen LogP contribution in [0.1, 0.15) is 52.4 Å². The maximum Gasteiger partial charge on any atom is 0.333 e. The van der Waals surface area contributed by atoms with Gasteiger partial charge in [-0.2, -0.15) is 0 Å². The summed E-state index contributed by atoms with van der Waals surface area (Å²) in [6, 6.07) is 0. The van der Waals surface area contributed by atoms with Gasteiger partial charge in [-0.3, -0.25) is 4.79 Å². The summed E-state index contributed by atoms with van der Waals surface area (Å²) in [5, 5.41) is 0. The second-order valence-electron chi connectivity index (χ2n) is 6.07. The van der Waals surface area contributed by atoms with Gasteiger partial charge in [0.1, 0.15) is 0 Å². The molecule has 0 saturated heterocycles. The van der Waals surface area contributed by atoms with Crippen molar-refractivity contribution < 1.29 is 19.1 Å². The zero-order chi connectivity index (χ0) is 15.0. The van der Waals surface area contributed by atoms with Crippen molar-refractivity contribution in [1.29, 1.82) is 0 Å². The van der Waals surface area contributed by atoms with Crippen molar-refractivity contribution in [2.24, 2.45) is 11.3 Å². The SMILES string of the molecule is C=C(C)C(=O)OCCC1(CCOC=O)CCC(C)CC1. The number of rotatable bonds is 8. The molecule has 0 unspecified atom stereocenters. The minimum absolute atomic E-state index is 0.144. The molecule has 0 bridgehead atoms. The third-order valence-electron chi connectivity index (χ3n) is 4.37. The van der Waals surface area contributed by atoms with E-state index in [2.05, 4.69) is 13.5 Å². The maximum atomic E-state index is 11.4. The number of hydrogen-bond acceptors (Lipinski definition) is 4. The van der Waals surface area contributed by atoms with Crippen molar-refractivity contribution >= 4 is 12.4 Å². The van der Waals surface area contributed by atoms with Gasteiger partial charge in [-0.05, 0) is 43.9 Å². The van der Waals surface area contributed by atoms with E-state index in [1.54, 1.807) is 6.92 Å². The number of hydrogen-bond donors (Lipinski definition) is 0. The van der Waals surface area contributed by atoms with E-state index >= 15 is 0 Å². The average Bonchev–Trinajstić information content (AvgIpc) is 2.42. The fourth-order valence-electron chi connectivity index (χ4n) is 2.81. The first kappa shape index (κ1) is 16.7. The first-order valence-corrected chi connectivity index (χ1v) is 7.37. The van der Waals surface area contributed by atoms with Gasteiger partial charge in [-0.1, -0.05) is 26.3 Å². The van der Waals surface area contributed by atoms with E-state index in [-0.39, 0.29) is 11.4 Å². The predicted molar refractivity (Wildman–Crippen MR) is 77.1 cm³/mol. The van der Waals surface area contributed by atoms with Gasteiger partial charge < -0.3 is 9.47 Å². The minimum Gasteiger partial charge on any atom is -0.468 e. The highest BCUT2D eigenvalue weighted by atomic mass is 16.5. The molecule has 0 radical (unpaired) electrons. The van der Waals surface area contributed by atoms with Crippen molar-refractivity contribution in [3.63, 3.8) is 0 Å². The lowest BCUT2D eigenvalue weighted by molar-refractivity contribution is -0.140. The summed E-state index contributed by atoms with van der Waals surface area (Å²) < 4.78 is 10.1. The molecular weight excluding hydrogens is 256 g/mol. The van der Waals surface area contributed by atoms with Gasteiger partial charge in [-0.15, -0.1) is 0 Å². The van der Waals surface area contributed by atoms with Crippen LogP contribution in [-0.2, 0) is 19.1 Å². The van der Waals surface area contributed by atoms with Crippen LogP contribution in [0.2, 0.25) is 0 Å². The van der Waals surface area contributed by atoms with E-state index in [0.29, 0.717) is 25.3 Å². The van der Waals surface area contributed by atoms with Crippen LogP contribution in [-0.4, -0.2) is 25.7 Å². The molecule has 4 nitrogen and oxygen atoms in total. The summed E-state index contributed by atoms with van der Waals surface area (Å²) in [4.78, 5) is 21.7. The average molecular weight is 282 g/mol. The monoisotopic (exact) mass is 282 g/mol. The molecule has 0 amide bonds. The van der Waals surface area contributed by atoms with Crippen LogP contribution in [0.25, 0.3) is 0 Å². The zero-order valence-electron chi connectivity index (χ0n) is 12.7. The van der Waals surface area contributed by atoms with E-state index in [0.717, 1.165) is 31.6 Å². The normalized spacial score (nSPS) is 25.8. The highest BCUT2D eigenvalue weighted by molar-refractivity contribution is 5.86. The molecule has 0 atom stereocenters. The van der Waals surface area contributed by atoms with Gasteiger partial charge in [0.25, 0.3) is 6.47 Å². The lowest BCUT2D eigenvalue weighted by Gasteiger charge is -2.39. The quantitative estimate of drug-likeness (QED) is 0.297. The Kier molecular flexibility index (Phi) is 6.76. The van der Waals surface area contributed by atoms with Gasteiger partial charge in [0, 0.05) is 5.57 Å². The van der Waals surface area contributed by atoms with Gasteiger partial charge in [0.15, 0.2) is 0 Å². The highest BCUT2D eigenvalue weighted by Gasteiger charge is 2.34. The fraction of sp³-hybridized carbons (Fsp3) is 0.750. The Morgan fingerprint density at radius 2 is 1.90 bits per heavy atom. The van der Waals surface area contributed by atoms with Crippen molar-refractivity contribution in [3.05, 3.63) is 12.2 Å². The molecule has 0 aromatic heterocycles. The lowest BCUT2D eigenvalue weighted by Crippen LogP contribution is -2.30. The first-order valence-electron chi connectivity index (χ1n) is 7.37. The Balaban J connectivity index is 2.47. The molecule has 1 fully saturated rings. The van der Waals surface area contributed by atoms with Crippen LogP contribution < -0.4 is 0 Å². The van der Waals surface area contributed by atoms with Crippen LogP contribution in [0.5, 0.6) is 0 Å². The Hall–Kier alpha value is -1.32. The molecule has 0 aromatic rings. The largest absolute Gasteiger partial charge is 0.468 e. The van der Waals surface area contributed by atoms with E-state index in [1.807, 2.05) is 0 Å². The maximum absolute atomic E-state index is 11.4. The second kappa shape index (κ2) is 8.08. The van der Waals surface area contributed by atoms with Gasteiger partial charge in [0.2, 0.25) is 0 Å². The topological polar surface area (TPSA) is 52.6 Å². The van der Waals surface area contributed by atoms with E-state index in [4.69, 9.17) is 9.47 Å².